The molecule has 0 aliphatic heterocycles. The van der Waals surface area contributed by atoms with Crippen molar-refractivity contribution in [2.24, 2.45) is 0 Å². The fourth-order valence-electron chi connectivity index (χ4n) is 1.87. The van der Waals surface area contributed by atoms with E-state index in [-0.39, 0.29) is 0 Å². The van der Waals surface area contributed by atoms with E-state index in [2.05, 4.69) is 42.2 Å². The summed E-state index contributed by atoms with van der Waals surface area (Å²) < 4.78 is 0. The molecule has 17 heavy (non-hydrogen) atoms. The summed E-state index contributed by atoms with van der Waals surface area (Å²) in [4.78, 5) is 3.97. The van der Waals surface area contributed by atoms with Gasteiger partial charge in [0.05, 0.1) is 5.56 Å². The molecule has 0 atom stereocenters. The maximum Gasteiger partial charge on any atom is 0.101 e. The number of aromatic nitrogens is 1. The van der Waals surface area contributed by atoms with Crippen LogP contribution in [-0.2, 0) is 6.42 Å². The zero-order valence-electron chi connectivity index (χ0n) is 9.85. The van der Waals surface area contributed by atoms with Gasteiger partial charge >= 0.3 is 0 Å². The van der Waals surface area contributed by atoms with E-state index >= 15 is 0 Å². The molecule has 0 saturated carbocycles. The van der Waals surface area contributed by atoms with E-state index in [0.717, 1.165) is 24.0 Å². The Balaban J connectivity index is 2.37. The number of hydrogen-bond acceptors (Lipinski definition) is 2. The summed E-state index contributed by atoms with van der Waals surface area (Å²) in [6.45, 7) is 2.17. The minimum absolute atomic E-state index is 0.621. The Labute approximate surface area is 102 Å². The van der Waals surface area contributed by atoms with Gasteiger partial charge in [0.2, 0.25) is 0 Å². The molecule has 1 aromatic heterocycles. The Kier molecular flexibility index (Phi) is 3.52. The fraction of sp³-hybridized carbons (Fsp3) is 0.200. The first kappa shape index (κ1) is 11.3. The number of hydrogen-bond donors (Lipinski definition) is 0. The van der Waals surface area contributed by atoms with Crippen molar-refractivity contribution < 1.29 is 0 Å². The van der Waals surface area contributed by atoms with E-state index in [1.165, 1.54) is 5.56 Å². The molecule has 84 valence electrons. The quantitative estimate of drug-likeness (QED) is 0.796. The molecule has 2 nitrogen and oxygen atoms in total. The van der Waals surface area contributed by atoms with Gasteiger partial charge in [-0.15, -0.1) is 0 Å². The van der Waals surface area contributed by atoms with Gasteiger partial charge in [-0.25, -0.2) is 0 Å². The first-order valence-corrected chi connectivity index (χ1v) is 5.78. The van der Waals surface area contributed by atoms with Crippen LogP contribution in [0.4, 0.5) is 0 Å². The van der Waals surface area contributed by atoms with E-state index in [0.29, 0.717) is 5.56 Å². The molecule has 0 N–H and O–H groups in total. The Bertz CT molecular complexity index is 536. The molecule has 0 aliphatic carbocycles. The van der Waals surface area contributed by atoms with Crippen molar-refractivity contribution in [3.05, 3.63) is 53.9 Å². The summed E-state index contributed by atoms with van der Waals surface area (Å²) in [5.41, 5.74) is 3.98. The SMILES string of the molecule is CCCc1ccc(-c2ccncc2C#N)cc1. The summed E-state index contributed by atoms with van der Waals surface area (Å²) in [5, 5.41) is 9.03. The van der Waals surface area contributed by atoms with Crippen LogP contribution in [0, 0.1) is 11.3 Å². The van der Waals surface area contributed by atoms with Gasteiger partial charge < -0.3 is 0 Å². The predicted octanol–water partition coefficient (Wildman–Crippen LogP) is 3.57. The molecule has 0 saturated heterocycles. The monoisotopic (exact) mass is 222 g/mol. The molecule has 0 unspecified atom stereocenters. The number of aryl methyl sites for hydroxylation is 1. The van der Waals surface area contributed by atoms with Crippen molar-refractivity contribution >= 4 is 0 Å². The predicted molar refractivity (Wildman–Crippen MR) is 68.4 cm³/mol. The largest absolute Gasteiger partial charge is 0.263 e. The van der Waals surface area contributed by atoms with Crippen LogP contribution in [0.2, 0.25) is 0 Å². The Hall–Kier alpha value is -2.14. The van der Waals surface area contributed by atoms with Gasteiger partial charge in [-0.1, -0.05) is 37.6 Å². The first-order chi connectivity index (χ1) is 8.35. The molecule has 0 radical (unpaired) electrons. The normalized spacial score (nSPS) is 9.88. The maximum absolute atomic E-state index is 9.03. The standard InChI is InChI=1S/C15H14N2/c1-2-3-12-4-6-13(7-5-12)15-8-9-17-11-14(15)10-16/h4-9,11H,2-3H2,1H3. The van der Waals surface area contributed by atoms with E-state index < -0.39 is 0 Å². The second kappa shape index (κ2) is 5.27. The second-order valence-corrected chi connectivity index (χ2v) is 3.98. The lowest BCUT2D eigenvalue weighted by Gasteiger charge is -2.05. The average Bonchev–Trinajstić information content (AvgIpc) is 2.40. The topological polar surface area (TPSA) is 36.7 Å². The summed E-state index contributed by atoms with van der Waals surface area (Å²) >= 11 is 0. The van der Waals surface area contributed by atoms with Gasteiger partial charge in [0.15, 0.2) is 0 Å². The molecule has 1 aromatic carbocycles. The van der Waals surface area contributed by atoms with Crippen molar-refractivity contribution in [1.82, 2.24) is 4.98 Å². The van der Waals surface area contributed by atoms with Gasteiger partial charge in [-0.2, -0.15) is 5.26 Å². The van der Waals surface area contributed by atoms with Crippen LogP contribution in [0.5, 0.6) is 0 Å². The van der Waals surface area contributed by atoms with Crippen LogP contribution in [0.3, 0.4) is 0 Å². The lowest BCUT2D eigenvalue weighted by atomic mass is 10.00. The third-order valence-corrected chi connectivity index (χ3v) is 2.75. The van der Waals surface area contributed by atoms with E-state index in [1.807, 2.05) is 6.07 Å². The minimum Gasteiger partial charge on any atom is -0.263 e. The molecule has 0 bridgehead atoms. The highest BCUT2D eigenvalue weighted by Crippen LogP contribution is 2.22. The van der Waals surface area contributed by atoms with Gasteiger partial charge in [-0.05, 0) is 23.6 Å². The Morgan fingerprint density at radius 2 is 1.94 bits per heavy atom. The van der Waals surface area contributed by atoms with Gasteiger partial charge in [0.1, 0.15) is 6.07 Å². The molecule has 2 rings (SSSR count). The summed E-state index contributed by atoms with van der Waals surface area (Å²) in [6.07, 6.45) is 5.57. The Morgan fingerprint density at radius 1 is 1.18 bits per heavy atom. The third-order valence-electron chi connectivity index (χ3n) is 2.75. The number of pyridine rings is 1. The van der Waals surface area contributed by atoms with Crippen molar-refractivity contribution in [3.63, 3.8) is 0 Å². The van der Waals surface area contributed by atoms with Crippen molar-refractivity contribution in [1.29, 1.82) is 5.26 Å². The molecule has 2 aromatic rings. The van der Waals surface area contributed by atoms with Crippen LogP contribution in [-0.4, -0.2) is 4.98 Å². The molecular weight excluding hydrogens is 208 g/mol. The molecule has 2 heteroatoms. The van der Waals surface area contributed by atoms with Crippen LogP contribution in [0.25, 0.3) is 11.1 Å². The van der Waals surface area contributed by atoms with Crippen molar-refractivity contribution in [2.45, 2.75) is 19.8 Å². The number of benzene rings is 1. The minimum atomic E-state index is 0.621. The Morgan fingerprint density at radius 3 is 2.59 bits per heavy atom. The van der Waals surface area contributed by atoms with Crippen molar-refractivity contribution in [2.75, 3.05) is 0 Å². The fourth-order valence-corrected chi connectivity index (χ4v) is 1.87. The zero-order chi connectivity index (χ0) is 12.1. The summed E-state index contributed by atoms with van der Waals surface area (Å²) in [6, 6.07) is 12.4. The molecule has 1 heterocycles. The zero-order valence-corrected chi connectivity index (χ0v) is 9.85. The van der Waals surface area contributed by atoms with Crippen LogP contribution < -0.4 is 0 Å². The highest BCUT2D eigenvalue weighted by Gasteiger charge is 2.03. The molecule has 0 spiro atoms. The van der Waals surface area contributed by atoms with Crippen LogP contribution >= 0.6 is 0 Å². The molecule has 0 amide bonds. The molecule has 0 aliphatic rings. The lowest BCUT2D eigenvalue weighted by molar-refractivity contribution is 0.922. The maximum atomic E-state index is 9.03. The smallest absolute Gasteiger partial charge is 0.101 e. The summed E-state index contributed by atoms with van der Waals surface area (Å²) in [7, 11) is 0. The van der Waals surface area contributed by atoms with Gasteiger partial charge in [0, 0.05) is 18.0 Å². The van der Waals surface area contributed by atoms with E-state index in [4.69, 9.17) is 5.26 Å². The number of nitriles is 1. The summed E-state index contributed by atoms with van der Waals surface area (Å²) in [5.74, 6) is 0. The highest BCUT2D eigenvalue weighted by atomic mass is 14.6. The van der Waals surface area contributed by atoms with E-state index in [1.54, 1.807) is 12.4 Å². The van der Waals surface area contributed by atoms with Crippen molar-refractivity contribution in [3.8, 4) is 17.2 Å². The number of nitrogens with zero attached hydrogens (tertiary/aromatic N) is 2. The van der Waals surface area contributed by atoms with Crippen LogP contribution in [0.1, 0.15) is 24.5 Å². The van der Waals surface area contributed by atoms with Crippen LogP contribution in [0.15, 0.2) is 42.7 Å². The third kappa shape index (κ3) is 2.51. The second-order valence-electron chi connectivity index (χ2n) is 3.98. The lowest BCUT2D eigenvalue weighted by Crippen LogP contribution is -1.87. The van der Waals surface area contributed by atoms with Gasteiger partial charge in [0.25, 0.3) is 0 Å². The highest BCUT2D eigenvalue weighted by molar-refractivity contribution is 5.69. The molecule has 0 fully saturated rings. The molecular formula is C15H14N2. The van der Waals surface area contributed by atoms with E-state index in [9.17, 15) is 0 Å². The first-order valence-electron chi connectivity index (χ1n) is 5.78. The average molecular weight is 222 g/mol. The van der Waals surface area contributed by atoms with Gasteiger partial charge in [-0.3, -0.25) is 4.98 Å². The number of rotatable bonds is 3.